The number of rotatable bonds is 9. The van der Waals surface area contributed by atoms with Crippen LogP contribution in [0.1, 0.15) is 42.6 Å². The third kappa shape index (κ3) is 5.88. The van der Waals surface area contributed by atoms with E-state index in [1.807, 2.05) is 24.3 Å². The summed E-state index contributed by atoms with van der Waals surface area (Å²) >= 11 is 0. The maximum absolute atomic E-state index is 12.7. The SMILES string of the molecule is C=CCc1ccccc1OCc1ccc(C(=O)Nc2cc(C(=O)OC)cc(C(=O)OC)c2)o1. The molecule has 1 heterocycles. The molecule has 1 N–H and O–H groups in total. The van der Waals surface area contributed by atoms with Gasteiger partial charge in [0.05, 0.1) is 25.3 Å². The van der Waals surface area contributed by atoms with Crippen molar-refractivity contribution in [3.63, 3.8) is 0 Å². The van der Waals surface area contributed by atoms with E-state index < -0.39 is 17.8 Å². The molecular formula is C25H23NO7. The van der Waals surface area contributed by atoms with Crippen LogP contribution in [0, 0.1) is 0 Å². The molecule has 0 spiro atoms. The first-order valence-electron chi connectivity index (χ1n) is 9.98. The molecule has 0 fully saturated rings. The van der Waals surface area contributed by atoms with Crippen LogP contribution in [-0.4, -0.2) is 32.1 Å². The topological polar surface area (TPSA) is 104 Å². The summed E-state index contributed by atoms with van der Waals surface area (Å²) in [7, 11) is 2.43. The fraction of sp³-hybridized carbons (Fsp3) is 0.160. The maximum atomic E-state index is 12.7. The van der Waals surface area contributed by atoms with E-state index >= 15 is 0 Å². The summed E-state index contributed by atoms with van der Waals surface area (Å²) in [6, 6.07) is 14.8. The van der Waals surface area contributed by atoms with E-state index in [4.69, 9.17) is 18.6 Å². The first-order chi connectivity index (χ1) is 15.9. The van der Waals surface area contributed by atoms with E-state index in [-0.39, 0.29) is 29.2 Å². The molecule has 0 bridgehead atoms. The van der Waals surface area contributed by atoms with Crippen molar-refractivity contribution in [1.29, 1.82) is 0 Å². The van der Waals surface area contributed by atoms with E-state index in [1.54, 1.807) is 12.1 Å². The zero-order chi connectivity index (χ0) is 23.8. The molecule has 0 radical (unpaired) electrons. The summed E-state index contributed by atoms with van der Waals surface area (Å²) in [5.41, 5.74) is 1.37. The Morgan fingerprint density at radius 2 is 1.64 bits per heavy atom. The maximum Gasteiger partial charge on any atom is 0.337 e. The predicted octanol–water partition coefficient (Wildman–Crippen LogP) is 4.41. The number of esters is 2. The standard InChI is InChI=1S/C25H23NO7/c1-4-7-16-8-5-6-9-21(16)32-15-20-10-11-22(33-20)23(27)26-19-13-17(24(28)30-2)12-18(14-19)25(29)31-3/h4-6,8-14H,1,7,15H2,2-3H3,(H,26,27). The van der Waals surface area contributed by atoms with Crippen LogP contribution in [0.15, 0.2) is 71.7 Å². The Labute approximate surface area is 190 Å². The van der Waals surface area contributed by atoms with Crippen LogP contribution in [0.2, 0.25) is 0 Å². The van der Waals surface area contributed by atoms with Gasteiger partial charge in [0.15, 0.2) is 5.76 Å². The van der Waals surface area contributed by atoms with Crippen LogP contribution in [0.4, 0.5) is 5.69 Å². The smallest absolute Gasteiger partial charge is 0.337 e. The van der Waals surface area contributed by atoms with Gasteiger partial charge >= 0.3 is 11.9 Å². The molecule has 8 nitrogen and oxygen atoms in total. The van der Waals surface area contributed by atoms with Crippen molar-refractivity contribution < 1.29 is 33.0 Å². The Morgan fingerprint density at radius 1 is 0.970 bits per heavy atom. The highest BCUT2D eigenvalue weighted by atomic mass is 16.5. The summed E-state index contributed by atoms with van der Waals surface area (Å²) in [5, 5.41) is 2.61. The van der Waals surface area contributed by atoms with Crippen LogP contribution in [0.25, 0.3) is 0 Å². The van der Waals surface area contributed by atoms with Crippen LogP contribution in [0.5, 0.6) is 5.75 Å². The van der Waals surface area contributed by atoms with Gasteiger partial charge < -0.3 is 23.9 Å². The second-order valence-electron chi connectivity index (χ2n) is 6.89. The van der Waals surface area contributed by atoms with Crippen molar-refractivity contribution >= 4 is 23.5 Å². The van der Waals surface area contributed by atoms with Crippen molar-refractivity contribution in [2.45, 2.75) is 13.0 Å². The Kier molecular flexibility index (Phi) is 7.64. The normalized spacial score (nSPS) is 10.2. The zero-order valence-corrected chi connectivity index (χ0v) is 18.3. The Bertz CT molecular complexity index is 1140. The molecule has 0 saturated heterocycles. The number of anilines is 1. The molecule has 0 atom stereocenters. The van der Waals surface area contributed by atoms with Gasteiger partial charge in [-0.15, -0.1) is 6.58 Å². The van der Waals surface area contributed by atoms with E-state index in [0.717, 1.165) is 5.56 Å². The quantitative estimate of drug-likeness (QED) is 0.381. The third-order valence-electron chi connectivity index (χ3n) is 4.63. The average Bonchev–Trinajstić information content (AvgIpc) is 3.31. The highest BCUT2D eigenvalue weighted by Crippen LogP contribution is 2.22. The Morgan fingerprint density at radius 3 is 2.27 bits per heavy atom. The van der Waals surface area contributed by atoms with Crippen LogP contribution in [0.3, 0.4) is 0 Å². The second kappa shape index (κ2) is 10.8. The molecule has 1 aromatic heterocycles. The lowest BCUT2D eigenvalue weighted by atomic mass is 10.1. The van der Waals surface area contributed by atoms with E-state index in [1.165, 1.54) is 38.5 Å². The highest BCUT2D eigenvalue weighted by molar-refractivity contribution is 6.04. The van der Waals surface area contributed by atoms with Gasteiger partial charge in [0.1, 0.15) is 18.1 Å². The molecule has 170 valence electrons. The van der Waals surface area contributed by atoms with Gasteiger partial charge in [0, 0.05) is 5.69 Å². The molecule has 1 amide bonds. The monoisotopic (exact) mass is 449 g/mol. The molecule has 0 unspecified atom stereocenters. The number of amides is 1. The highest BCUT2D eigenvalue weighted by Gasteiger charge is 2.17. The summed E-state index contributed by atoms with van der Waals surface area (Å²) in [6.07, 6.45) is 2.46. The van der Waals surface area contributed by atoms with Gasteiger partial charge in [0.25, 0.3) is 5.91 Å². The van der Waals surface area contributed by atoms with Crippen molar-refractivity contribution in [3.8, 4) is 5.75 Å². The number of carbonyl (C=O) groups excluding carboxylic acids is 3. The lowest BCUT2D eigenvalue weighted by Gasteiger charge is -2.09. The fourth-order valence-electron chi connectivity index (χ4n) is 3.06. The van der Waals surface area contributed by atoms with Gasteiger partial charge in [0.2, 0.25) is 0 Å². The first kappa shape index (κ1) is 23.3. The van der Waals surface area contributed by atoms with E-state index in [0.29, 0.717) is 17.9 Å². The van der Waals surface area contributed by atoms with Gasteiger partial charge in [-0.1, -0.05) is 24.3 Å². The number of hydrogen-bond donors (Lipinski definition) is 1. The number of nitrogens with one attached hydrogen (secondary N) is 1. The van der Waals surface area contributed by atoms with E-state index in [9.17, 15) is 14.4 Å². The summed E-state index contributed by atoms with van der Waals surface area (Å²) < 4.78 is 20.8. The first-order valence-corrected chi connectivity index (χ1v) is 9.98. The number of ether oxygens (including phenoxy) is 3. The number of methoxy groups -OCH3 is 2. The summed E-state index contributed by atoms with van der Waals surface area (Å²) in [4.78, 5) is 36.5. The largest absolute Gasteiger partial charge is 0.485 e. The minimum Gasteiger partial charge on any atom is -0.485 e. The van der Waals surface area contributed by atoms with E-state index in [2.05, 4.69) is 11.9 Å². The van der Waals surface area contributed by atoms with Gasteiger partial charge in [-0.3, -0.25) is 4.79 Å². The molecule has 0 aliphatic carbocycles. The fourth-order valence-corrected chi connectivity index (χ4v) is 3.06. The van der Waals surface area contributed by atoms with Crippen LogP contribution in [-0.2, 0) is 22.5 Å². The van der Waals surface area contributed by atoms with Crippen molar-refractivity contribution in [3.05, 3.63) is 95.5 Å². The Balaban J connectivity index is 1.72. The number of allylic oxidation sites excluding steroid dienone is 1. The van der Waals surface area contributed by atoms with Crippen molar-refractivity contribution in [1.82, 2.24) is 0 Å². The molecule has 2 aromatic carbocycles. The summed E-state index contributed by atoms with van der Waals surface area (Å²) in [6.45, 7) is 3.87. The average molecular weight is 449 g/mol. The zero-order valence-electron chi connectivity index (χ0n) is 18.3. The number of para-hydroxylation sites is 1. The lowest BCUT2D eigenvalue weighted by Crippen LogP contribution is -2.13. The van der Waals surface area contributed by atoms with Crippen molar-refractivity contribution in [2.75, 3.05) is 19.5 Å². The van der Waals surface area contributed by atoms with Gasteiger partial charge in [-0.05, 0) is 48.4 Å². The number of benzene rings is 2. The molecule has 0 aliphatic heterocycles. The van der Waals surface area contributed by atoms with Gasteiger partial charge in [-0.25, -0.2) is 9.59 Å². The predicted molar refractivity (Wildman–Crippen MR) is 120 cm³/mol. The number of carbonyl (C=O) groups is 3. The molecule has 3 rings (SSSR count). The van der Waals surface area contributed by atoms with Crippen LogP contribution >= 0.6 is 0 Å². The molecule has 0 aliphatic rings. The minimum absolute atomic E-state index is 0.0380. The molecule has 8 heteroatoms. The van der Waals surface area contributed by atoms with Gasteiger partial charge in [-0.2, -0.15) is 0 Å². The minimum atomic E-state index is -0.662. The second-order valence-corrected chi connectivity index (χ2v) is 6.89. The summed E-state index contributed by atoms with van der Waals surface area (Å²) in [5.74, 6) is -0.695. The Hall–Kier alpha value is -4.33. The van der Waals surface area contributed by atoms with Crippen molar-refractivity contribution in [2.24, 2.45) is 0 Å². The molecular weight excluding hydrogens is 426 g/mol. The lowest BCUT2D eigenvalue weighted by molar-refractivity contribution is 0.0599. The van der Waals surface area contributed by atoms with Crippen LogP contribution < -0.4 is 10.1 Å². The molecule has 33 heavy (non-hydrogen) atoms. The molecule has 0 saturated carbocycles. The number of furan rings is 1. The third-order valence-corrected chi connectivity index (χ3v) is 4.63. The molecule has 3 aromatic rings. The number of hydrogen-bond acceptors (Lipinski definition) is 7.